The highest BCUT2D eigenvalue weighted by atomic mass is 35.5. The maximum Gasteiger partial charge on any atom is 0.106 e. The monoisotopic (exact) mass is 311 g/mol. The maximum atomic E-state index is 5.99. The Hall–Kier alpha value is -1.17. The molecule has 1 aromatic carbocycles. The van der Waals surface area contributed by atoms with Gasteiger partial charge in [-0.2, -0.15) is 0 Å². The molecule has 1 aromatic heterocycles. The predicted octanol–water partition coefficient (Wildman–Crippen LogP) is 3.39. The Morgan fingerprint density at radius 2 is 2.32 bits per heavy atom. The number of aromatic nitrogens is 1. The lowest BCUT2D eigenvalue weighted by molar-refractivity contribution is 0.968. The standard InChI is InChI=1S/C13H14ClN3S2/c1-8-17-10(7-19-8)4-5-16-12-6-9(14)2-3-11(12)13(15)18/h2-3,6-7,16H,4-5H2,1H3,(H2,15,18). The van der Waals surface area contributed by atoms with E-state index >= 15 is 0 Å². The van der Waals surface area contributed by atoms with Gasteiger partial charge in [0.1, 0.15) is 4.99 Å². The molecule has 2 rings (SSSR count). The number of thiazole rings is 1. The first kappa shape index (κ1) is 14.2. The molecular weight excluding hydrogens is 298 g/mol. The fraction of sp³-hybridized carbons (Fsp3) is 0.231. The molecule has 3 nitrogen and oxygen atoms in total. The minimum atomic E-state index is 0.365. The molecule has 19 heavy (non-hydrogen) atoms. The minimum absolute atomic E-state index is 0.365. The summed E-state index contributed by atoms with van der Waals surface area (Å²) in [6.45, 7) is 2.77. The molecule has 0 saturated heterocycles. The second kappa shape index (κ2) is 6.32. The van der Waals surface area contributed by atoms with Gasteiger partial charge >= 0.3 is 0 Å². The summed E-state index contributed by atoms with van der Waals surface area (Å²) >= 11 is 12.7. The van der Waals surface area contributed by atoms with Crippen LogP contribution in [-0.4, -0.2) is 16.5 Å². The van der Waals surface area contributed by atoms with Gasteiger partial charge in [-0.05, 0) is 25.1 Å². The smallest absolute Gasteiger partial charge is 0.106 e. The van der Waals surface area contributed by atoms with Crippen molar-refractivity contribution in [2.75, 3.05) is 11.9 Å². The number of hydrogen-bond donors (Lipinski definition) is 2. The van der Waals surface area contributed by atoms with E-state index in [9.17, 15) is 0 Å². The first-order valence-electron chi connectivity index (χ1n) is 5.80. The van der Waals surface area contributed by atoms with Gasteiger partial charge in [-0.1, -0.05) is 23.8 Å². The summed E-state index contributed by atoms with van der Waals surface area (Å²) in [5, 5.41) is 7.12. The van der Waals surface area contributed by atoms with Gasteiger partial charge in [0.25, 0.3) is 0 Å². The van der Waals surface area contributed by atoms with Crippen LogP contribution in [0.4, 0.5) is 5.69 Å². The summed E-state index contributed by atoms with van der Waals surface area (Å²) in [5.41, 5.74) is 8.46. The molecule has 0 bridgehead atoms. The number of benzene rings is 1. The molecule has 0 aliphatic heterocycles. The third-order valence-electron chi connectivity index (χ3n) is 2.61. The zero-order chi connectivity index (χ0) is 13.8. The molecule has 0 radical (unpaired) electrons. The van der Waals surface area contributed by atoms with Crippen LogP contribution in [0.1, 0.15) is 16.3 Å². The molecule has 100 valence electrons. The minimum Gasteiger partial charge on any atom is -0.389 e. The quantitative estimate of drug-likeness (QED) is 0.831. The number of nitrogens with one attached hydrogen (secondary N) is 1. The van der Waals surface area contributed by atoms with Crippen LogP contribution in [0.25, 0.3) is 0 Å². The molecule has 0 unspecified atom stereocenters. The van der Waals surface area contributed by atoms with Gasteiger partial charge in [0.2, 0.25) is 0 Å². The zero-order valence-electron chi connectivity index (χ0n) is 10.4. The molecule has 0 atom stereocenters. The average Bonchev–Trinajstić information content (AvgIpc) is 2.75. The Kier molecular flexibility index (Phi) is 4.74. The fourth-order valence-electron chi connectivity index (χ4n) is 1.73. The van der Waals surface area contributed by atoms with Crippen molar-refractivity contribution >= 4 is 45.8 Å². The molecule has 0 spiro atoms. The van der Waals surface area contributed by atoms with E-state index in [1.165, 1.54) is 0 Å². The molecule has 0 saturated carbocycles. The van der Waals surface area contributed by atoms with Crippen molar-refractivity contribution in [1.29, 1.82) is 0 Å². The van der Waals surface area contributed by atoms with E-state index in [-0.39, 0.29) is 0 Å². The summed E-state index contributed by atoms with van der Waals surface area (Å²) in [5.74, 6) is 0. The molecule has 0 aliphatic carbocycles. The van der Waals surface area contributed by atoms with Crippen molar-refractivity contribution in [3.63, 3.8) is 0 Å². The number of nitrogens with zero attached hydrogens (tertiary/aromatic N) is 1. The van der Waals surface area contributed by atoms with Gasteiger partial charge < -0.3 is 11.1 Å². The van der Waals surface area contributed by atoms with Crippen LogP contribution in [0.5, 0.6) is 0 Å². The lowest BCUT2D eigenvalue weighted by Gasteiger charge is -2.11. The largest absolute Gasteiger partial charge is 0.389 e. The number of aryl methyl sites for hydroxylation is 1. The van der Waals surface area contributed by atoms with Gasteiger partial charge in [-0.25, -0.2) is 4.98 Å². The van der Waals surface area contributed by atoms with Crippen LogP contribution in [0, 0.1) is 6.92 Å². The normalized spacial score (nSPS) is 10.4. The van der Waals surface area contributed by atoms with Crippen molar-refractivity contribution in [3.05, 3.63) is 44.9 Å². The summed E-state index contributed by atoms with van der Waals surface area (Å²) < 4.78 is 0. The van der Waals surface area contributed by atoms with Crippen LogP contribution in [0.2, 0.25) is 5.02 Å². The van der Waals surface area contributed by atoms with Crippen LogP contribution in [0.15, 0.2) is 23.6 Å². The topological polar surface area (TPSA) is 50.9 Å². The Labute approximate surface area is 126 Å². The van der Waals surface area contributed by atoms with Crippen molar-refractivity contribution in [3.8, 4) is 0 Å². The number of thiocarbonyl (C=S) groups is 1. The van der Waals surface area contributed by atoms with Gasteiger partial charge in [0.15, 0.2) is 0 Å². The van der Waals surface area contributed by atoms with Crippen molar-refractivity contribution < 1.29 is 0 Å². The SMILES string of the molecule is Cc1nc(CCNc2cc(Cl)ccc2C(N)=S)cs1. The Morgan fingerprint density at radius 1 is 1.53 bits per heavy atom. The summed E-state index contributed by atoms with van der Waals surface area (Å²) in [4.78, 5) is 4.78. The van der Waals surface area contributed by atoms with Crippen LogP contribution in [0.3, 0.4) is 0 Å². The Morgan fingerprint density at radius 3 is 2.95 bits per heavy atom. The molecule has 0 aliphatic rings. The summed E-state index contributed by atoms with van der Waals surface area (Å²) in [6.07, 6.45) is 0.855. The van der Waals surface area contributed by atoms with Crippen LogP contribution >= 0.6 is 35.2 Å². The predicted molar refractivity (Wildman–Crippen MR) is 86.4 cm³/mol. The first-order chi connectivity index (χ1) is 9.06. The number of anilines is 1. The van der Waals surface area contributed by atoms with Gasteiger partial charge in [-0.15, -0.1) is 11.3 Å². The molecule has 3 N–H and O–H groups in total. The highest BCUT2D eigenvalue weighted by Crippen LogP contribution is 2.21. The van der Waals surface area contributed by atoms with E-state index in [1.54, 1.807) is 17.4 Å². The summed E-state index contributed by atoms with van der Waals surface area (Å²) in [6, 6.07) is 5.45. The number of halogens is 1. The van der Waals surface area contributed by atoms with E-state index < -0.39 is 0 Å². The van der Waals surface area contributed by atoms with Crippen molar-refractivity contribution in [2.24, 2.45) is 5.73 Å². The van der Waals surface area contributed by atoms with Crippen LogP contribution < -0.4 is 11.1 Å². The maximum absolute atomic E-state index is 5.99. The molecule has 2 aromatic rings. The average molecular weight is 312 g/mol. The second-order valence-electron chi connectivity index (χ2n) is 4.09. The number of rotatable bonds is 5. The van der Waals surface area contributed by atoms with E-state index in [1.807, 2.05) is 19.1 Å². The third kappa shape index (κ3) is 3.89. The number of nitrogens with two attached hydrogens (primary N) is 1. The van der Waals surface area contributed by atoms with E-state index in [2.05, 4.69) is 15.7 Å². The Bertz CT molecular complexity index is 595. The van der Waals surface area contributed by atoms with Crippen molar-refractivity contribution in [1.82, 2.24) is 4.98 Å². The zero-order valence-corrected chi connectivity index (χ0v) is 12.8. The van der Waals surface area contributed by atoms with Crippen LogP contribution in [-0.2, 0) is 6.42 Å². The fourth-order valence-corrected chi connectivity index (χ4v) is 2.72. The van der Waals surface area contributed by atoms with Crippen molar-refractivity contribution in [2.45, 2.75) is 13.3 Å². The van der Waals surface area contributed by atoms with Gasteiger partial charge in [-0.3, -0.25) is 0 Å². The van der Waals surface area contributed by atoms with E-state index in [0.717, 1.165) is 34.9 Å². The third-order valence-corrected chi connectivity index (χ3v) is 3.89. The Balaban J connectivity index is 2.02. The summed E-state index contributed by atoms with van der Waals surface area (Å²) in [7, 11) is 0. The molecule has 1 heterocycles. The molecule has 0 fully saturated rings. The highest BCUT2D eigenvalue weighted by molar-refractivity contribution is 7.80. The van der Waals surface area contributed by atoms with Gasteiger partial charge in [0.05, 0.1) is 10.7 Å². The van der Waals surface area contributed by atoms with Gasteiger partial charge in [0, 0.05) is 34.6 Å². The molecule has 6 heteroatoms. The lowest BCUT2D eigenvalue weighted by atomic mass is 10.1. The van der Waals surface area contributed by atoms with E-state index in [0.29, 0.717) is 10.0 Å². The second-order valence-corrected chi connectivity index (χ2v) is 6.03. The molecule has 0 amide bonds. The molecular formula is C13H14ClN3S2. The lowest BCUT2D eigenvalue weighted by Crippen LogP contribution is -2.14. The highest BCUT2D eigenvalue weighted by Gasteiger charge is 2.06. The first-order valence-corrected chi connectivity index (χ1v) is 7.47. The number of hydrogen-bond acceptors (Lipinski definition) is 4. The van der Waals surface area contributed by atoms with E-state index in [4.69, 9.17) is 29.6 Å².